The fourth-order valence-electron chi connectivity index (χ4n) is 3.14. The van der Waals surface area contributed by atoms with Crippen LogP contribution in [0.3, 0.4) is 0 Å². The lowest BCUT2D eigenvalue weighted by atomic mass is 10.1. The summed E-state index contributed by atoms with van der Waals surface area (Å²) in [5.74, 6) is -0.637. The minimum atomic E-state index is -0.988. The second-order valence-electron chi connectivity index (χ2n) is 6.49. The average Bonchev–Trinajstić information content (AvgIpc) is 3.16. The van der Waals surface area contributed by atoms with Crippen molar-refractivity contribution < 1.29 is 19.4 Å². The summed E-state index contributed by atoms with van der Waals surface area (Å²) in [4.78, 5) is 33.8. The van der Waals surface area contributed by atoms with Gasteiger partial charge < -0.3 is 19.7 Å². The van der Waals surface area contributed by atoms with E-state index in [1.165, 1.54) is 12.1 Å². The van der Waals surface area contributed by atoms with E-state index in [2.05, 4.69) is 9.97 Å². The Morgan fingerprint density at radius 1 is 1.07 bits per heavy atom. The van der Waals surface area contributed by atoms with E-state index < -0.39 is 5.97 Å². The minimum absolute atomic E-state index is 0.135. The molecule has 7 nitrogen and oxygen atoms in total. The van der Waals surface area contributed by atoms with Crippen molar-refractivity contribution in [3.05, 3.63) is 65.5 Å². The molecule has 0 radical (unpaired) electrons. The number of hydrogen-bond acceptors (Lipinski definition) is 4. The van der Waals surface area contributed by atoms with Gasteiger partial charge in [-0.3, -0.25) is 4.79 Å². The Morgan fingerprint density at radius 2 is 1.79 bits per heavy atom. The highest BCUT2D eigenvalue weighted by molar-refractivity contribution is 6.23. The third-order valence-electron chi connectivity index (χ3n) is 4.64. The molecule has 1 fully saturated rings. The second-order valence-corrected chi connectivity index (χ2v) is 6.49. The molecule has 7 heteroatoms. The molecule has 0 bridgehead atoms. The zero-order valence-electron chi connectivity index (χ0n) is 15.1. The van der Waals surface area contributed by atoms with Crippen LogP contribution in [0.2, 0.25) is 0 Å². The highest BCUT2D eigenvalue weighted by Crippen LogP contribution is 2.22. The van der Waals surface area contributed by atoms with Gasteiger partial charge in [0.25, 0.3) is 5.91 Å². The zero-order chi connectivity index (χ0) is 19.5. The molecular formula is C21H19N3O4. The van der Waals surface area contributed by atoms with Crippen LogP contribution in [-0.4, -0.2) is 58.2 Å². The lowest BCUT2D eigenvalue weighted by Gasteiger charge is -2.27. The van der Waals surface area contributed by atoms with Gasteiger partial charge in [-0.1, -0.05) is 24.3 Å². The Morgan fingerprint density at radius 3 is 2.46 bits per heavy atom. The molecule has 28 heavy (non-hydrogen) atoms. The van der Waals surface area contributed by atoms with Crippen LogP contribution in [0.15, 0.2) is 48.5 Å². The van der Waals surface area contributed by atoms with Crippen molar-refractivity contribution in [2.75, 3.05) is 26.3 Å². The number of carbonyl (C=O) groups excluding carboxylic acids is 1. The maximum absolute atomic E-state index is 13.2. The van der Waals surface area contributed by atoms with Gasteiger partial charge in [-0.05, 0) is 35.9 Å². The first-order chi connectivity index (χ1) is 13.6. The van der Waals surface area contributed by atoms with Gasteiger partial charge >= 0.3 is 5.97 Å². The molecule has 0 atom stereocenters. The summed E-state index contributed by atoms with van der Waals surface area (Å²) in [6, 6.07) is 14.0. The average molecular weight is 377 g/mol. The summed E-state index contributed by atoms with van der Waals surface area (Å²) in [6.45, 7) is 2.06. The molecule has 0 unspecified atom stereocenters. The topological polar surface area (TPSA) is 95.5 Å². The van der Waals surface area contributed by atoms with E-state index in [9.17, 15) is 9.59 Å². The van der Waals surface area contributed by atoms with Crippen molar-refractivity contribution in [2.24, 2.45) is 0 Å². The Hall–Kier alpha value is -3.45. The van der Waals surface area contributed by atoms with Crippen LogP contribution in [0.5, 0.6) is 0 Å². The molecule has 2 heterocycles. The molecule has 1 aromatic heterocycles. The first kappa shape index (κ1) is 17.9. The third kappa shape index (κ3) is 3.65. The summed E-state index contributed by atoms with van der Waals surface area (Å²) < 4.78 is 5.34. The number of H-pyrrole nitrogens is 1. The number of fused-ring (bicyclic) bond motifs is 1. The quantitative estimate of drug-likeness (QED) is 0.682. The van der Waals surface area contributed by atoms with E-state index >= 15 is 0 Å². The molecule has 2 N–H and O–H groups in total. The number of para-hydroxylation sites is 2. The number of rotatable bonds is 4. The number of aromatic amines is 1. The molecule has 4 rings (SSSR count). The highest BCUT2D eigenvalue weighted by Gasteiger charge is 2.24. The van der Waals surface area contributed by atoms with Gasteiger partial charge in [0.05, 0.1) is 35.4 Å². The smallest absolute Gasteiger partial charge is 0.335 e. The number of carboxylic acids is 1. The third-order valence-corrected chi connectivity index (χ3v) is 4.64. The maximum Gasteiger partial charge on any atom is 0.335 e. The van der Waals surface area contributed by atoms with Crippen LogP contribution >= 0.6 is 0 Å². The summed E-state index contributed by atoms with van der Waals surface area (Å²) in [5, 5.41) is 9.07. The Labute approximate surface area is 161 Å². The minimum Gasteiger partial charge on any atom is -0.478 e. The number of carbonyl (C=O) groups is 2. The van der Waals surface area contributed by atoms with Crippen molar-refractivity contribution in [3.8, 4) is 0 Å². The van der Waals surface area contributed by atoms with Gasteiger partial charge in [-0.25, -0.2) is 9.78 Å². The summed E-state index contributed by atoms with van der Waals surface area (Å²) in [6.07, 6.45) is 1.74. The zero-order valence-corrected chi connectivity index (χ0v) is 15.1. The molecule has 1 amide bonds. The summed E-state index contributed by atoms with van der Waals surface area (Å²) >= 11 is 0. The van der Waals surface area contributed by atoms with Crippen molar-refractivity contribution in [3.63, 3.8) is 0 Å². The van der Waals surface area contributed by atoms with Gasteiger partial charge in [0, 0.05) is 13.1 Å². The molecular weight excluding hydrogens is 358 g/mol. The molecule has 0 spiro atoms. The van der Waals surface area contributed by atoms with Crippen molar-refractivity contribution >= 4 is 34.6 Å². The Balaban J connectivity index is 1.75. The number of amides is 1. The fourth-order valence-corrected chi connectivity index (χ4v) is 3.14. The molecule has 1 aliphatic rings. The number of hydrogen-bond donors (Lipinski definition) is 2. The highest BCUT2D eigenvalue weighted by atomic mass is 16.5. The number of morpholine rings is 1. The van der Waals surface area contributed by atoms with E-state index in [0.29, 0.717) is 37.7 Å². The molecule has 2 aromatic carbocycles. The maximum atomic E-state index is 13.2. The van der Waals surface area contributed by atoms with Gasteiger partial charge in [-0.2, -0.15) is 0 Å². The van der Waals surface area contributed by atoms with E-state index in [-0.39, 0.29) is 11.5 Å². The van der Waals surface area contributed by atoms with Gasteiger partial charge in [0.2, 0.25) is 0 Å². The first-order valence-corrected chi connectivity index (χ1v) is 8.99. The van der Waals surface area contributed by atoms with Gasteiger partial charge in [0.15, 0.2) is 0 Å². The number of imidazole rings is 1. The second kappa shape index (κ2) is 7.66. The number of nitrogens with zero attached hydrogens (tertiary/aromatic N) is 2. The predicted octanol–water partition coefficient (Wildman–Crippen LogP) is 2.66. The van der Waals surface area contributed by atoms with Crippen LogP contribution < -0.4 is 0 Å². The number of benzene rings is 2. The summed E-state index contributed by atoms with van der Waals surface area (Å²) in [7, 11) is 0. The van der Waals surface area contributed by atoms with Crippen LogP contribution in [0, 0.1) is 0 Å². The number of nitrogens with one attached hydrogen (secondary N) is 1. The van der Waals surface area contributed by atoms with Gasteiger partial charge in [-0.15, -0.1) is 0 Å². The van der Waals surface area contributed by atoms with Gasteiger partial charge in [0.1, 0.15) is 5.82 Å². The lowest BCUT2D eigenvalue weighted by Crippen LogP contribution is -2.41. The van der Waals surface area contributed by atoms with Crippen molar-refractivity contribution in [2.45, 2.75) is 0 Å². The SMILES string of the molecule is O=C(O)c1ccc(/C=C(/C(=O)N2CCOCC2)c2nc3ccccc3[nH]2)cc1. The lowest BCUT2D eigenvalue weighted by molar-refractivity contribution is -0.128. The number of aromatic nitrogens is 2. The number of aromatic carboxylic acids is 1. The largest absolute Gasteiger partial charge is 0.478 e. The van der Waals surface area contributed by atoms with Crippen molar-refractivity contribution in [1.29, 1.82) is 0 Å². The van der Waals surface area contributed by atoms with E-state index in [1.807, 2.05) is 24.3 Å². The number of carboxylic acid groups (broad SMARTS) is 1. The molecule has 3 aromatic rings. The predicted molar refractivity (Wildman–Crippen MR) is 105 cm³/mol. The molecule has 1 saturated heterocycles. The van der Waals surface area contributed by atoms with Crippen LogP contribution in [0.4, 0.5) is 0 Å². The Kier molecular flexibility index (Phi) is 4.90. The standard InChI is InChI=1S/C21H19N3O4/c25-20(24-9-11-28-12-10-24)16(13-14-5-7-15(8-6-14)21(26)27)19-22-17-3-1-2-4-18(17)23-19/h1-8,13H,9-12H2,(H,22,23)(H,26,27)/b16-13+. The normalized spacial score (nSPS) is 15.0. The van der Waals surface area contributed by atoms with E-state index in [4.69, 9.17) is 9.84 Å². The van der Waals surface area contributed by atoms with E-state index in [0.717, 1.165) is 16.6 Å². The molecule has 0 saturated carbocycles. The fraction of sp³-hybridized carbons (Fsp3) is 0.190. The molecule has 0 aliphatic carbocycles. The molecule has 142 valence electrons. The van der Waals surface area contributed by atoms with Crippen molar-refractivity contribution in [1.82, 2.24) is 14.9 Å². The van der Waals surface area contributed by atoms with Crippen LogP contribution in [-0.2, 0) is 9.53 Å². The summed E-state index contributed by atoms with van der Waals surface area (Å²) in [5.41, 5.74) is 2.98. The Bertz CT molecular complexity index is 1010. The van der Waals surface area contributed by atoms with Crippen LogP contribution in [0.25, 0.3) is 22.7 Å². The van der Waals surface area contributed by atoms with Crippen LogP contribution in [0.1, 0.15) is 21.7 Å². The first-order valence-electron chi connectivity index (χ1n) is 8.99. The number of ether oxygens (including phenoxy) is 1. The monoisotopic (exact) mass is 377 g/mol. The molecule has 1 aliphatic heterocycles. The van der Waals surface area contributed by atoms with E-state index in [1.54, 1.807) is 23.1 Å².